The summed E-state index contributed by atoms with van der Waals surface area (Å²) >= 11 is 1.20. The Hall–Kier alpha value is -0.830. The topological polar surface area (TPSA) is 94.1 Å². The number of hydrogen-bond donors (Lipinski definition) is 2. The van der Waals surface area contributed by atoms with Gasteiger partial charge in [0.05, 0.1) is 12.1 Å². The second kappa shape index (κ2) is 8.91. The first-order chi connectivity index (χ1) is 12.5. The predicted molar refractivity (Wildman–Crippen MR) is 96.8 cm³/mol. The summed E-state index contributed by atoms with van der Waals surface area (Å²) in [5.74, 6) is 0.657. The highest BCUT2D eigenvalue weighted by Gasteiger charge is 2.51. The Morgan fingerprint density at radius 1 is 1.23 bits per heavy atom. The van der Waals surface area contributed by atoms with E-state index in [2.05, 4.69) is 12.2 Å². The Bertz CT molecular complexity index is 518. The maximum atomic E-state index is 12.5. The molecule has 3 fully saturated rings. The van der Waals surface area contributed by atoms with Crippen LogP contribution in [0.3, 0.4) is 0 Å². The molecule has 0 radical (unpaired) electrons. The first-order valence-electron chi connectivity index (χ1n) is 9.53. The number of carbonyl (C=O) groups is 2. The van der Waals surface area contributed by atoms with Gasteiger partial charge in [-0.2, -0.15) is 0 Å². The molecule has 0 spiro atoms. The van der Waals surface area contributed by atoms with E-state index < -0.39 is 11.9 Å². The number of esters is 1. The molecule has 148 valence electrons. The predicted octanol–water partition coefficient (Wildman–Crippen LogP) is 2.21. The molecule has 3 aliphatic heterocycles. The maximum absolute atomic E-state index is 12.5. The quantitative estimate of drug-likeness (QED) is 0.666. The zero-order valence-electron chi connectivity index (χ0n) is 15.3. The highest BCUT2D eigenvalue weighted by atomic mass is 32.2. The maximum Gasteiger partial charge on any atom is 0.306 e. The number of aliphatic hydroxyl groups is 1. The minimum absolute atomic E-state index is 0.108. The molecule has 3 rings (SSSR count). The average Bonchev–Trinajstić information content (AvgIpc) is 3.02. The van der Waals surface area contributed by atoms with E-state index in [0.29, 0.717) is 44.1 Å². The van der Waals surface area contributed by atoms with Gasteiger partial charge in [-0.05, 0) is 31.6 Å². The minimum atomic E-state index is -0.997. The largest absolute Gasteiger partial charge is 0.457 e. The molecule has 0 aliphatic carbocycles. The number of aliphatic hydroxyl groups excluding tert-OH is 1. The van der Waals surface area contributed by atoms with E-state index in [0.717, 1.165) is 19.3 Å². The molecule has 3 heterocycles. The number of ether oxygens (including phenoxy) is 3. The first kappa shape index (κ1) is 19.9. The minimum Gasteiger partial charge on any atom is -0.457 e. The van der Waals surface area contributed by atoms with Crippen LogP contribution in [-0.4, -0.2) is 59.3 Å². The van der Waals surface area contributed by atoms with Gasteiger partial charge in [0, 0.05) is 38.2 Å². The third-order valence-corrected chi connectivity index (χ3v) is 6.25. The summed E-state index contributed by atoms with van der Waals surface area (Å²) in [6.07, 6.45) is 2.99. The molecule has 8 heteroatoms. The van der Waals surface area contributed by atoms with Gasteiger partial charge in [0.1, 0.15) is 5.60 Å². The Balaban J connectivity index is 1.79. The van der Waals surface area contributed by atoms with Crippen molar-refractivity contribution in [1.82, 2.24) is 5.32 Å². The molecule has 3 aliphatic rings. The van der Waals surface area contributed by atoms with Crippen molar-refractivity contribution < 1.29 is 28.9 Å². The van der Waals surface area contributed by atoms with Crippen LogP contribution < -0.4 is 5.32 Å². The molecule has 0 aromatic carbocycles. The van der Waals surface area contributed by atoms with Crippen LogP contribution in [0, 0.1) is 5.92 Å². The monoisotopic (exact) mass is 387 g/mol. The normalized spacial score (nSPS) is 40.4. The lowest BCUT2D eigenvalue weighted by atomic mass is 9.81. The molecule has 0 aromatic heterocycles. The summed E-state index contributed by atoms with van der Waals surface area (Å²) in [4.78, 5) is 24.2. The van der Waals surface area contributed by atoms with Gasteiger partial charge >= 0.3 is 5.97 Å². The van der Waals surface area contributed by atoms with Gasteiger partial charge in [-0.1, -0.05) is 18.7 Å². The molecule has 5 atom stereocenters. The number of amides is 1. The summed E-state index contributed by atoms with van der Waals surface area (Å²) in [5, 5.41) is 13.1. The van der Waals surface area contributed by atoms with Crippen LogP contribution in [0.5, 0.6) is 0 Å². The van der Waals surface area contributed by atoms with E-state index in [-0.39, 0.29) is 29.8 Å². The van der Waals surface area contributed by atoms with Crippen LogP contribution in [0.1, 0.15) is 51.9 Å². The van der Waals surface area contributed by atoms with Gasteiger partial charge in [-0.15, -0.1) is 0 Å². The van der Waals surface area contributed by atoms with E-state index in [1.54, 1.807) is 0 Å². The van der Waals surface area contributed by atoms with Crippen molar-refractivity contribution in [3.8, 4) is 0 Å². The van der Waals surface area contributed by atoms with Crippen molar-refractivity contribution in [2.24, 2.45) is 5.92 Å². The van der Waals surface area contributed by atoms with Crippen LogP contribution in [0.2, 0.25) is 0 Å². The van der Waals surface area contributed by atoms with Crippen molar-refractivity contribution in [2.75, 3.05) is 19.0 Å². The van der Waals surface area contributed by atoms with Crippen LogP contribution in [0.15, 0.2) is 0 Å². The lowest BCUT2D eigenvalue weighted by molar-refractivity contribution is -0.235. The van der Waals surface area contributed by atoms with E-state index in [1.807, 2.05) is 0 Å². The fourth-order valence-electron chi connectivity index (χ4n) is 3.95. The Labute approximate surface area is 158 Å². The number of fused-ring (bicyclic) bond motifs is 2. The number of hydrogen-bond acceptors (Lipinski definition) is 7. The third-order valence-electron chi connectivity index (χ3n) is 5.37. The van der Waals surface area contributed by atoms with Crippen molar-refractivity contribution in [1.29, 1.82) is 0 Å². The molecule has 26 heavy (non-hydrogen) atoms. The molecular formula is C18H29NO6S. The third kappa shape index (κ3) is 5.12. The van der Waals surface area contributed by atoms with Crippen molar-refractivity contribution in [3.63, 3.8) is 0 Å². The molecule has 2 N–H and O–H groups in total. The molecular weight excluding hydrogens is 358 g/mol. The highest BCUT2D eigenvalue weighted by Crippen LogP contribution is 2.39. The van der Waals surface area contributed by atoms with E-state index >= 15 is 0 Å². The lowest BCUT2D eigenvalue weighted by Gasteiger charge is -2.45. The van der Waals surface area contributed by atoms with Crippen LogP contribution >= 0.6 is 11.8 Å². The molecule has 0 unspecified atom stereocenters. The van der Waals surface area contributed by atoms with Crippen molar-refractivity contribution in [3.05, 3.63) is 0 Å². The fraction of sp³-hybridized carbons (Fsp3) is 0.889. The van der Waals surface area contributed by atoms with E-state index in [1.165, 1.54) is 11.8 Å². The van der Waals surface area contributed by atoms with Gasteiger partial charge in [0.2, 0.25) is 0 Å². The lowest BCUT2D eigenvalue weighted by Crippen LogP contribution is -2.59. The molecule has 3 saturated heterocycles. The standard InChI is InChI=1S/C18H29NO6S/c1-12-5-6-13-8-18(9-16(21)24-13,14-11-26-17(22)19-14)25-15(20)4-2-3-7-23-10-12/h12-14,16,21H,2-11H2,1H3,(H,19,22)/t12-,13+,14-,16+,18+/m0/s1. The molecule has 2 bridgehead atoms. The smallest absolute Gasteiger partial charge is 0.306 e. The Morgan fingerprint density at radius 3 is 2.85 bits per heavy atom. The van der Waals surface area contributed by atoms with Gasteiger partial charge in [-0.25, -0.2) is 0 Å². The first-order valence-corrected chi connectivity index (χ1v) is 10.5. The second-order valence-corrected chi connectivity index (χ2v) is 8.66. The van der Waals surface area contributed by atoms with Crippen LogP contribution in [-0.2, 0) is 19.0 Å². The summed E-state index contributed by atoms with van der Waals surface area (Å²) in [6, 6.07) is -0.293. The zero-order valence-corrected chi connectivity index (χ0v) is 16.1. The number of nitrogens with one attached hydrogen (secondary N) is 1. The SMILES string of the molecule is C[C@H]1CC[C@@H]2C[C@]([C@@H]3CSC(=O)N3)(C[C@H](O)O2)OC(=O)CCCCOC1. The second-order valence-electron chi connectivity index (χ2n) is 7.67. The highest BCUT2D eigenvalue weighted by molar-refractivity contribution is 8.14. The van der Waals surface area contributed by atoms with Gasteiger partial charge in [-0.3, -0.25) is 9.59 Å². The summed E-state index contributed by atoms with van der Waals surface area (Å²) in [7, 11) is 0. The van der Waals surface area contributed by atoms with Crippen molar-refractivity contribution >= 4 is 23.0 Å². The molecule has 0 aromatic rings. The van der Waals surface area contributed by atoms with Gasteiger partial charge in [0.25, 0.3) is 5.24 Å². The Morgan fingerprint density at radius 2 is 2.08 bits per heavy atom. The van der Waals surface area contributed by atoms with Gasteiger partial charge in [0.15, 0.2) is 6.29 Å². The molecule has 7 nitrogen and oxygen atoms in total. The van der Waals surface area contributed by atoms with Gasteiger partial charge < -0.3 is 24.6 Å². The average molecular weight is 387 g/mol. The van der Waals surface area contributed by atoms with Crippen molar-refractivity contribution in [2.45, 2.75) is 75.9 Å². The summed E-state index contributed by atoms with van der Waals surface area (Å²) < 4.78 is 17.3. The van der Waals surface area contributed by atoms with E-state index in [9.17, 15) is 14.7 Å². The van der Waals surface area contributed by atoms with Crippen LogP contribution in [0.25, 0.3) is 0 Å². The summed E-state index contributed by atoms with van der Waals surface area (Å²) in [5.41, 5.74) is -0.900. The number of rotatable bonds is 1. The number of thioether (sulfide) groups is 1. The molecule has 1 amide bonds. The van der Waals surface area contributed by atoms with E-state index in [4.69, 9.17) is 14.2 Å². The Kier molecular flexibility index (Phi) is 6.82. The number of carbonyl (C=O) groups excluding carboxylic acids is 2. The zero-order chi connectivity index (χ0) is 18.6. The molecule has 0 saturated carbocycles. The fourth-order valence-corrected chi connectivity index (χ4v) is 4.88. The summed E-state index contributed by atoms with van der Waals surface area (Å²) in [6.45, 7) is 3.49. The van der Waals surface area contributed by atoms with Crippen LogP contribution in [0.4, 0.5) is 4.79 Å².